The summed E-state index contributed by atoms with van der Waals surface area (Å²) in [6.07, 6.45) is 7.73. The Bertz CT molecular complexity index is 2190. The second kappa shape index (κ2) is 17.2. The average molecular weight is 713 g/mol. The minimum atomic E-state index is -0.515. The lowest BCUT2D eigenvalue weighted by molar-refractivity contribution is 0.107. The summed E-state index contributed by atoms with van der Waals surface area (Å²) in [6, 6.07) is 28.9. The maximum Gasteiger partial charge on any atom is 0.323 e. The number of aryl methyl sites for hydroxylation is 1. The highest BCUT2D eigenvalue weighted by Gasteiger charge is 2.23. The van der Waals surface area contributed by atoms with Crippen molar-refractivity contribution in [3.63, 3.8) is 0 Å². The number of anilines is 2. The summed E-state index contributed by atoms with van der Waals surface area (Å²) in [6.45, 7) is 11.0. The molecule has 6 aromatic rings. The smallest absolute Gasteiger partial charge is 0.323 e. The number of hydrogen-bond acceptors (Lipinski definition) is 6. The third kappa shape index (κ3) is 9.39. The maximum atomic E-state index is 14.4. The molecule has 0 atom stereocenters. The number of aromatic nitrogens is 4. The van der Waals surface area contributed by atoms with Gasteiger partial charge in [-0.15, -0.1) is 0 Å². The molecule has 0 saturated heterocycles. The van der Waals surface area contributed by atoms with E-state index in [-0.39, 0.29) is 16.7 Å². The first-order valence-corrected chi connectivity index (χ1v) is 18.3. The minimum absolute atomic E-state index is 0.176. The Balaban J connectivity index is 1.29. The molecule has 0 fully saturated rings. The van der Waals surface area contributed by atoms with Gasteiger partial charge in [-0.05, 0) is 70.5 Å². The number of carbonyl (C=O) groups excluding carboxylic acids is 1. The van der Waals surface area contributed by atoms with Crippen molar-refractivity contribution < 1.29 is 14.3 Å². The van der Waals surface area contributed by atoms with Crippen molar-refractivity contribution in [3.05, 3.63) is 137 Å². The summed E-state index contributed by atoms with van der Waals surface area (Å²) in [5, 5.41) is 11.2. The van der Waals surface area contributed by atoms with Crippen LogP contribution in [0.4, 0.5) is 16.2 Å². The number of urea groups is 1. The summed E-state index contributed by atoms with van der Waals surface area (Å²) >= 11 is 0. The maximum absolute atomic E-state index is 14.4. The van der Waals surface area contributed by atoms with Crippen LogP contribution in [-0.2, 0) is 29.8 Å². The van der Waals surface area contributed by atoms with Crippen molar-refractivity contribution in [2.45, 2.75) is 72.1 Å². The van der Waals surface area contributed by atoms with E-state index in [4.69, 9.17) is 9.47 Å². The van der Waals surface area contributed by atoms with Crippen molar-refractivity contribution >= 4 is 28.4 Å². The fourth-order valence-electron chi connectivity index (χ4n) is 6.37. The van der Waals surface area contributed by atoms with Gasteiger partial charge in [0, 0.05) is 48.2 Å². The van der Waals surface area contributed by atoms with Gasteiger partial charge < -0.3 is 20.1 Å². The van der Waals surface area contributed by atoms with Crippen LogP contribution in [0.25, 0.3) is 22.2 Å². The molecule has 3 aromatic heterocycles. The average Bonchev–Trinajstić information content (AvgIpc) is 3.66. The molecule has 3 aromatic carbocycles. The SMILES string of the molecule is CCCCn1c(=O)c(NC(=O)Nc2cc(Cn3cccn3)ccc2C(C)(C)C)c(-c2cccc(OCCCOCc3ccccc3)c2)c2cccnc21. The molecule has 10 heteroatoms. The first-order chi connectivity index (χ1) is 25.7. The Morgan fingerprint density at radius 3 is 2.47 bits per heavy atom. The van der Waals surface area contributed by atoms with Crippen LogP contribution in [0.3, 0.4) is 0 Å². The van der Waals surface area contributed by atoms with E-state index >= 15 is 0 Å². The Morgan fingerprint density at radius 2 is 1.70 bits per heavy atom. The Labute approximate surface area is 310 Å². The largest absolute Gasteiger partial charge is 0.493 e. The minimum Gasteiger partial charge on any atom is -0.493 e. The number of ether oxygens (including phenoxy) is 2. The Morgan fingerprint density at radius 1 is 0.849 bits per heavy atom. The molecule has 0 bridgehead atoms. The van der Waals surface area contributed by atoms with Crippen LogP contribution in [0.5, 0.6) is 5.75 Å². The van der Waals surface area contributed by atoms with Gasteiger partial charge in [-0.25, -0.2) is 9.78 Å². The number of amides is 2. The van der Waals surface area contributed by atoms with Crippen LogP contribution in [-0.4, -0.2) is 38.6 Å². The van der Waals surface area contributed by atoms with E-state index < -0.39 is 6.03 Å². The Kier molecular flexibility index (Phi) is 12.0. The zero-order chi connectivity index (χ0) is 37.2. The fraction of sp³-hybridized carbons (Fsp3) is 0.302. The quantitative estimate of drug-likeness (QED) is 0.103. The van der Waals surface area contributed by atoms with E-state index in [0.29, 0.717) is 62.0 Å². The number of fused-ring (bicyclic) bond motifs is 1. The van der Waals surface area contributed by atoms with Crippen LogP contribution in [0, 0.1) is 0 Å². The lowest BCUT2D eigenvalue weighted by Crippen LogP contribution is -2.30. The van der Waals surface area contributed by atoms with E-state index in [1.165, 1.54) is 0 Å². The first-order valence-electron chi connectivity index (χ1n) is 18.3. The van der Waals surface area contributed by atoms with E-state index in [0.717, 1.165) is 40.5 Å². The van der Waals surface area contributed by atoms with Gasteiger partial charge >= 0.3 is 6.03 Å². The molecule has 0 saturated carbocycles. The molecule has 274 valence electrons. The van der Waals surface area contributed by atoms with Gasteiger partial charge in [0.1, 0.15) is 17.1 Å². The van der Waals surface area contributed by atoms with E-state index in [9.17, 15) is 9.59 Å². The predicted molar refractivity (Wildman–Crippen MR) is 212 cm³/mol. The highest BCUT2D eigenvalue weighted by molar-refractivity contribution is 6.07. The predicted octanol–water partition coefficient (Wildman–Crippen LogP) is 9.04. The van der Waals surface area contributed by atoms with Crippen molar-refractivity contribution in [1.82, 2.24) is 19.3 Å². The fourth-order valence-corrected chi connectivity index (χ4v) is 6.37. The summed E-state index contributed by atoms with van der Waals surface area (Å²) in [7, 11) is 0. The van der Waals surface area contributed by atoms with Gasteiger partial charge in [0.15, 0.2) is 0 Å². The molecule has 0 aliphatic carbocycles. The number of carbonyl (C=O) groups is 1. The van der Waals surface area contributed by atoms with Crippen LogP contribution in [0.2, 0.25) is 0 Å². The zero-order valence-electron chi connectivity index (χ0n) is 31.0. The van der Waals surface area contributed by atoms with Gasteiger partial charge in [-0.3, -0.25) is 14.0 Å². The summed E-state index contributed by atoms with van der Waals surface area (Å²) in [4.78, 5) is 33.1. The molecule has 0 unspecified atom stereocenters. The molecule has 2 N–H and O–H groups in total. The van der Waals surface area contributed by atoms with Crippen molar-refractivity contribution in [1.29, 1.82) is 0 Å². The van der Waals surface area contributed by atoms with Crippen LogP contribution < -0.4 is 20.9 Å². The number of nitrogens with zero attached hydrogens (tertiary/aromatic N) is 4. The van der Waals surface area contributed by atoms with Crippen LogP contribution in [0.15, 0.2) is 114 Å². The van der Waals surface area contributed by atoms with E-state index in [1.807, 2.05) is 95.8 Å². The highest BCUT2D eigenvalue weighted by atomic mass is 16.5. The van der Waals surface area contributed by atoms with Gasteiger partial charge in [0.2, 0.25) is 0 Å². The lowest BCUT2D eigenvalue weighted by Gasteiger charge is -2.24. The molecule has 0 aliphatic heterocycles. The van der Waals surface area contributed by atoms with E-state index in [1.54, 1.807) is 17.0 Å². The number of unbranched alkanes of at least 4 members (excludes halogenated alkanes) is 1. The molecular weight excluding hydrogens is 665 g/mol. The molecule has 0 radical (unpaired) electrons. The van der Waals surface area contributed by atoms with Gasteiger partial charge in [0.25, 0.3) is 5.56 Å². The number of rotatable bonds is 15. The monoisotopic (exact) mass is 712 g/mol. The molecule has 53 heavy (non-hydrogen) atoms. The second-order valence-electron chi connectivity index (χ2n) is 14.1. The summed E-state index contributed by atoms with van der Waals surface area (Å²) in [5.41, 5.74) is 5.23. The molecule has 0 aliphatic rings. The number of hydrogen-bond donors (Lipinski definition) is 2. The summed E-state index contributed by atoms with van der Waals surface area (Å²) < 4.78 is 15.5. The molecule has 3 heterocycles. The first kappa shape index (κ1) is 37.0. The number of nitrogens with one attached hydrogen (secondary N) is 2. The lowest BCUT2D eigenvalue weighted by atomic mass is 9.85. The number of benzene rings is 3. The van der Waals surface area contributed by atoms with Gasteiger partial charge in [-0.2, -0.15) is 5.10 Å². The molecular formula is C43H48N6O4. The third-order valence-electron chi connectivity index (χ3n) is 8.97. The molecule has 0 spiro atoms. The van der Waals surface area contributed by atoms with Crippen LogP contribution >= 0.6 is 0 Å². The molecule has 10 nitrogen and oxygen atoms in total. The standard InChI is InChI=1S/C43H48N6O4/c1-5-6-24-49-40-35(18-11-21-44-40)38(33-16-10-17-34(28-33)53-26-13-25-52-30-31-14-8-7-9-15-31)39(41(49)50)47-42(51)46-37-27-32(29-48-23-12-22-45-48)19-20-36(37)43(2,3)4/h7-12,14-23,27-28H,5-6,13,24-26,29-30H2,1-4H3,(H2,46,47,51). The number of pyridine rings is 2. The van der Waals surface area contributed by atoms with Crippen LogP contribution in [0.1, 0.15) is 63.6 Å². The van der Waals surface area contributed by atoms with Crippen molar-refractivity contribution in [2.24, 2.45) is 0 Å². The van der Waals surface area contributed by atoms with Crippen molar-refractivity contribution in [2.75, 3.05) is 23.8 Å². The van der Waals surface area contributed by atoms with Crippen molar-refractivity contribution in [3.8, 4) is 16.9 Å². The second-order valence-corrected chi connectivity index (χ2v) is 14.1. The third-order valence-corrected chi connectivity index (χ3v) is 8.97. The zero-order valence-corrected chi connectivity index (χ0v) is 31.0. The van der Waals surface area contributed by atoms with Gasteiger partial charge in [0.05, 0.1) is 26.4 Å². The van der Waals surface area contributed by atoms with E-state index in [2.05, 4.69) is 54.5 Å². The topological polar surface area (TPSA) is 112 Å². The molecule has 2 amide bonds. The molecule has 6 rings (SSSR count). The Hall–Kier alpha value is -5.74. The highest BCUT2D eigenvalue weighted by Crippen LogP contribution is 2.36. The van der Waals surface area contributed by atoms with Gasteiger partial charge in [-0.1, -0.05) is 88.7 Å². The normalized spacial score (nSPS) is 11.5. The summed E-state index contributed by atoms with van der Waals surface area (Å²) in [5.74, 6) is 0.650.